The highest BCUT2D eigenvalue weighted by Crippen LogP contribution is 2.24. The molecule has 104 valence electrons. The van der Waals surface area contributed by atoms with Gasteiger partial charge in [0.25, 0.3) is 0 Å². The number of rotatable bonds is 5. The zero-order valence-electron chi connectivity index (χ0n) is 10.8. The maximum atomic E-state index is 11.9. The molecule has 1 heterocycles. The lowest BCUT2D eigenvalue weighted by Gasteiger charge is -2.23. The van der Waals surface area contributed by atoms with Crippen LogP contribution in [0.2, 0.25) is 0 Å². The number of hydrogen-bond donors (Lipinski definition) is 1. The largest absolute Gasteiger partial charge is 0.459 e. The minimum absolute atomic E-state index is 0.153. The summed E-state index contributed by atoms with van der Waals surface area (Å²) in [6.45, 7) is 4.98. The van der Waals surface area contributed by atoms with Crippen LogP contribution in [-0.2, 0) is 14.3 Å². The topological polar surface area (TPSA) is 40.0 Å². The number of halogens is 1. The van der Waals surface area contributed by atoms with Gasteiger partial charge in [-0.2, -0.15) is 0 Å². The Labute approximate surface area is 127 Å². The average Bonchev–Trinajstić information content (AvgIpc) is 2.48. The van der Waals surface area contributed by atoms with Crippen molar-refractivity contribution >= 4 is 28.6 Å². The number of carbonyl (C=O) groups excluding carboxylic acids is 1. The molecule has 0 radical (unpaired) electrons. The lowest BCUT2D eigenvalue weighted by Crippen LogP contribution is -3.14. The quantitative estimate of drug-likeness (QED) is 0.466. The molecule has 1 atom stereocenters. The number of nitrogens with one attached hydrogen (secondary N) is 1. The van der Waals surface area contributed by atoms with Crippen LogP contribution < -0.4 is 4.90 Å². The first-order valence-corrected chi connectivity index (χ1v) is 7.79. The molecular weight excluding hydrogens is 357 g/mol. The normalized spacial score (nSPS) is 17.9. The van der Waals surface area contributed by atoms with Crippen molar-refractivity contribution in [3.8, 4) is 0 Å². The lowest BCUT2D eigenvalue weighted by atomic mass is 10.2. The van der Waals surface area contributed by atoms with Crippen LogP contribution in [0, 0.1) is 0 Å². The second-order valence-electron chi connectivity index (χ2n) is 4.55. The zero-order chi connectivity index (χ0) is 13.5. The first kappa shape index (κ1) is 14.7. The Kier molecular flexibility index (Phi) is 6.06. The Morgan fingerprint density at radius 2 is 2.00 bits per heavy atom. The van der Waals surface area contributed by atoms with Crippen LogP contribution in [0.4, 0.5) is 0 Å². The van der Waals surface area contributed by atoms with Gasteiger partial charge in [0.2, 0.25) is 0 Å². The van der Waals surface area contributed by atoms with Crippen LogP contribution in [0.1, 0.15) is 9.49 Å². The number of benzene rings is 1. The van der Waals surface area contributed by atoms with E-state index in [1.807, 2.05) is 30.3 Å². The molecule has 2 rings (SSSR count). The highest BCUT2D eigenvalue weighted by molar-refractivity contribution is 14.1. The first-order valence-electron chi connectivity index (χ1n) is 6.54. The Morgan fingerprint density at radius 1 is 1.32 bits per heavy atom. The molecule has 1 aliphatic heterocycles. The molecule has 1 fully saturated rings. The maximum Gasteiger partial charge on any atom is 0.323 e. The summed E-state index contributed by atoms with van der Waals surface area (Å²) in [6, 6.07) is 9.72. The molecule has 5 heteroatoms. The van der Waals surface area contributed by atoms with Gasteiger partial charge in [-0.1, -0.05) is 52.9 Å². The fourth-order valence-corrected chi connectivity index (χ4v) is 2.63. The summed E-state index contributed by atoms with van der Waals surface area (Å²) >= 11 is 2.13. The van der Waals surface area contributed by atoms with Crippen molar-refractivity contribution in [2.75, 3.05) is 39.5 Å². The highest BCUT2D eigenvalue weighted by atomic mass is 127. The van der Waals surface area contributed by atoms with Gasteiger partial charge in [-0.3, -0.25) is 4.79 Å². The molecule has 0 amide bonds. The summed E-state index contributed by atoms with van der Waals surface area (Å²) in [5.74, 6) is -0.153. The van der Waals surface area contributed by atoms with E-state index < -0.39 is 0 Å². The second kappa shape index (κ2) is 7.81. The number of ether oxygens (including phenoxy) is 2. The lowest BCUT2D eigenvalue weighted by molar-refractivity contribution is -0.908. The van der Waals surface area contributed by atoms with E-state index in [1.165, 1.54) is 4.90 Å². The van der Waals surface area contributed by atoms with E-state index in [1.54, 1.807) is 0 Å². The molecule has 1 aromatic carbocycles. The number of quaternary nitrogens is 1. The molecule has 1 saturated heterocycles. The Bertz CT molecular complexity index is 393. The molecule has 0 saturated carbocycles. The Balaban J connectivity index is 1.72. The van der Waals surface area contributed by atoms with Crippen molar-refractivity contribution in [3.05, 3.63) is 35.9 Å². The third-order valence-corrected chi connectivity index (χ3v) is 4.43. The molecular formula is C14H19INO3+. The molecule has 1 aliphatic rings. The van der Waals surface area contributed by atoms with E-state index in [-0.39, 0.29) is 9.89 Å². The summed E-state index contributed by atoms with van der Waals surface area (Å²) in [4.78, 5) is 13.4. The third kappa shape index (κ3) is 4.74. The minimum Gasteiger partial charge on any atom is -0.459 e. The minimum atomic E-state index is -0.224. The molecule has 0 aromatic heterocycles. The van der Waals surface area contributed by atoms with E-state index in [4.69, 9.17) is 9.47 Å². The van der Waals surface area contributed by atoms with Crippen molar-refractivity contribution in [3.63, 3.8) is 0 Å². The molecule has 19 heavy (non-hydrogen) atoms. The number of hydrogen-bond acceptors (Lipinski definition) is 3. The third-order valence-electron chi connectivity index (χ3n) is 3.20. The fourth-order valence-electron chi connectivity index (χ4n) is 2.04. The van der Waals surface area contributed by atoms with Gasteiger partial charge < -0.3 is 14.4 Å². The van der Waals surface area contributed by atoms with Crippen LogP contribution in [-0.4, -0.2) is 45.4 Å². The molecule has 0 bridgehead atoms. The van der Waals surface area contributed by atoms with Crippen LogP contribution in [0.15, 0.2) is 30.3 Å². The van der Waals surface area contributed by atoms with Crippen molar-refractivity contribution in [2.45, 2.75) is 3.92 Å². The van der Waals surface area contributed by atoms with Gasteiger partial charge in [0.05, 0.1) is 13.2 Å². The zero-order valence-corrected chi connectivity index (χ0v) is 13.0. The van der Waals surface area contributed by atoms with Gasteiger partial charge in [0, 0.05) is 0 Å². The predicted octanol–water partition coefficient (Wildman–Crippen LogP) is 0.621. The second-order valence-corrected chi connectivity index (χ2v) is 5.80. The summed E-state index contributed by atoms with van der Waals surface area (Å²) in [5.41, 5.74) is 0.992. The van der Waals surface area contributed by atoms with Crippen LogP contribution in [0.3, 0.4) is 0 Å². The van der Waals surface area contributed by atoms with Crippen LogP contribution in [0.5, 0.6) is 0 Å². The molecule has 1 unspecified atom stereocenters. The Hall–Kier alpha value is -0.660. The van der Waals surface area contributed by atoms with Crippen LogP contribution in [0.25, 0.3) is 0 Å². The number of morpholine rings is 1. The Morgan fingerprint density at radius 3 is 2.68 bits per heavy atom. The maximum absolute atomic E-state index is 11.9. The van der Waals surface area contributed by atoms with Crippen molar-refractivity contribution < 1.29 is 19.2 Å². The first-order chi connectivity index (χ1) is 9.27. The molecule has 1 N–H and O–H groups in total. The van der Waals surface area contributed by atoms with Crippen LogP contribution >= 0.6 is 22.6 Å². The van der Waals surface area contributed by atoms with Crippen molar-refractivity contribution in [1.82, 2.24) is 0 Å². The van der Waals surface area contributed by atoms with Crippen molar-refractivity contribution in [1.29, 1.82) is 0 Å². The number of alkyl halides is 1. The van der Waals surface area contributed by atoms with E-state index in [2.05, 4.69) is 22.6 Å². The van der Waals surface area contributed by atoms with E-state index >= 15 is 0 Å². The molecule has 0 spiro atoms. The smallest absolute Gasteiger partial charge is 0.323 e. The van der Waals surface area contributed by atoms with Gasteiger partial charge in [-0.05, 0) is 5.56 Å². The monoisotopic (exact) mass is 376 g/mol. The molecule has 4 nitrogen and oxygen atoms in total. The average molecular weight is 376 g/mol. The summed E-state index contributed by atoms with van der Waals surface area (Å²) < 4.78 is 10.4. The summed E-state index contributed by atoms with van der Waals surface area (Å²) in [7, 11) is 0. The highest BCUT2D eigenvalue weighted by Gasteiger charge is 2.19. The van der Waals surface area contributed by atoms with E-state index in [0.29, 0.717) is 6.61 Å². The molecule has 0 aliphatic carbocycles. The van der Waals surface area contributed by atoms with Crippen molar-refractivity contribution in [2.24, 2.45) is 0 Å². The van der Waals surface area contributed by atoms with E-state index in [9.17, 15) is 4.79 Å². The van der Waals surface area contributed by atoms with Gasteiger partial charge >= 0.3 is 5.97 Å². The molecule has 1 aromatic rings. The van der Waals surface area contributed by atoms with Gasteiger partial charge in [0.15, 0.2) is 0 Å². The fraction of sp³-hybridized carbons (Fsp3) is 0.500. The van der Waals surface area contributed by atoms with Gasteiger partial charge in [-0.15, -0.1) is 0 Å². The number of esters is 1. The van der Waals surface area contributed by atoms with Gasteiger partial charge in [-0.25, -0.2) is 0 Å². The van der Waals surface area contributed by atoms with E-state index in [0.717, 1.165) is 38.4 Å². The van der Waals surface area contributed by atoms with Gasteiger partial charge in [0.1, 0.15) is 30.2 Å². The summed E-state index contributed by atoms with van der Waals surface area (Å²) in [6.07, 6.45) is 0. The SMILES string of the molecule is O=C(OCC[NH+]1CCOCC1)C(I)c1ccccc1. The number of carbonyl (C=O) groups is 1. The summed E-state index contributed by atoms with van der Waals surface area (Å²) in [5, 5.41) is 0. The standard InChI is InChI=1S/C14H18INO3/c15-13(12-4-2-1-3-5-12)14(17)19-11-8-16-6-9-18-10-7-16/h1-5,13H,6-11H2/p+1. The predicted molar refractivity (Wildman–Crippen MR) is 80.5 cm³/mol.